The Morgan fingerprint density at radius 2 is 1.47 bits per heavy atom. The zero-order chi connectivity index (χ0) is 23.3. The van der Waals surface area contributed by atoms with Crippen molar-refractivity contribution in [2.24, 2.45) is 0 Å². The van der Waals surface area contributed by atoms with Crippen LogP contribution >= 0.6 is 0 Å². The number of ether oxygens (including phenoxy) is 2. The highest BCUT2D eigenvalue weighted by molar-refractivity contribution is 6.10. The summed E-state index contributed by atoms with van der Waals surface area (Å²) >= 11 is 0. The Hall–Kier alpha value is -3.80. The van der Waals surface area contributed by atoms with Gasteiger partial charge in [0, 0.05) is 12.1 Å². The molecule has 0 saturated carbocycles. The van der Waals surface area contributed by atoms with Crippen LogP contribution < -0.4 is 20.1 Å². The summed E-state index contributed by atoms with van der Waals surface area (Å²) in [4.78, 5) is 25.5. The monoisotopic (exact) mass is 434 g/mol. The van der Waals surface area contributed by atoms with Crippen LogP contribution in [0.3, 0.4) is 0 Å². The average molecular weight is 435 g/mol. The van der Waals surface area contributed by atoms with E-state index in [4.69, 9.17) is 9.47 Å². The van der Waals surface area contributed by atoms with Gasteiger partial charge < -0.3 is 20.1 Å². The van der Waals surface area contributed by atoms with Gasteiger partial charge in [-0.15, -0.1) is 0 Å². The van der Waals surface area contributed by atoms with Gasteiger partial charge in [0.2, 0.25) is 0 Å². The molecule has 3 aromatic rings. The number of benzene rings is 3. The Labute approximate surface area is 189 Å². The van der Waals surface area contributed by atoms with Crippen molar-refractivity contribution < 1.29 is 19.1 Å². The van der Waals surface area contributed by atoms with Gasteiger partial charge in [0.05, 0.1) is 25.5 Å². The molecule has 0 aliphatic heterocycles. The van der Waals surface area contributed by atoms with E-state index in [9.17, 15) is 9.59 Å². The van der Waals surface area contributed by atoms with E-state index in [0.717, 1.165) is 5.56 Å². The van der Waals surface area contributed by atoms with E-state index < -0.39 is 0 Å². The summed E-state index contributed by atoms with van der Waals surface area (Å²) in [7, 11) is 3.06. The highest BCUT2D eigenvalue weighted by atomic mass is 16.5. The molecule has 2 N–H and O–H groups in total. The highest BCUT2D eigenvalue weighted by Gasteiger charge is 2.18. The smallest absolute Gasteiger partial charge is 0.255 e. The molecule has 0 radical (unpaired) electrons. The Kier molecular flexibility index (Phi) is 9.78. The Bertz CT molecular complexity index is 1000. The number of para-hydroxylation sites is 1. The second-order valence-corrected chi connectivity index (χ2v) is 6.56. The largest absolute Gasteiger partial charge is 0.497 e. The van der Waals surface area contributed by atoms with Gasteiger partial charge in [-0.05, 0) is 48.4 Å². The number of amides is 2. The van der Waals surface area contributed by atoms with Crippen molar-refractivity contribution in [2.75, 3.05) is 26.1 Å². The SMILES string of the molecule is CC.COc1ccc(C(=O)Nc2c(OC)cccc2C(=O)NCCc2ccccc2)cc1. The lowest BCUT2D eigenvalue weighted by molar-refractivity contribution is 0.0954. The first-order valence-electron chi connectivity index (χ1n) is 10.6. The van der Waals surface area contributed by atoms with Crippen molar-refractivity contribution in [1.29, 1.82) is 0 Å². The third-order valence-corrected chi connectivity index (χ3v) is 4.62. The van der Waals surface area contributed by atoms with E-state index >= 15 is 0 Å². The van der Waals surface area contributed by atoms with Crippen LogP contribution in [0, 0.1) is 0 Å². The molecule has 168 valence electrons. The van der Waals surface area contributed by atoms with E-state index in [2.05, 4.69) is 10.6 Å². The van der Waals surface area contributed by atoms with Crippen LogP contribution in [0.4, 0.5) is 5.69 Å². The molecule has 6 nitrogen and oxygen atoms in total. The van der Waals surface area contributed by atoms with E-state index in [1.807, 2.05) is 44.2 Å². The van der Waals surface area contributed by atoms with Gasteiger partial charge in [-0.1, -0.05) is 50.2 Å². The summed E-state index contributed by atoms with van der Waals surface area (Å²) in [6.07, 6.45) is 0.712. The number of hydrogen-bond acceptors (Lipinski definition) is 4. The molecule has 0 bridgehead atoms. The number of carbonyl (C=O) groups excluding carboxylic acids is 2. The number of rotatable bonds is 8. The van der Waals surface area contributed by atoms with E-state index in [-0.39, 0.29) is 11.8 Å². The number of hydrogen-bond donors (Lipinski definition) is 2. The minimum Gasteiger partial charge on any atom is -0.497 e. The summed E-state index contributed by atoms with van der Waals surface area (Å²) in [6.45, 7) is 4.48. The van der Waals surface area contributed by atoms with Gasteiger partial charge in [-0.3, -0.25) is 9.59 Å². The molecule has 0 aliphatic carbocycles. The zero-order valence-electron chi connectivity index (χ0n) is 19.0. The van der Waals surface area contributed by atoms with Gasteiger partial charge in [-0.2, -0.15) is 0 Å². The first-order chi connectivity index (χ1) is 15.6. The Balaban J connectivity index is 0.00000176. The van der Waals surface area contributed by atoms with Crippen molar-refractivity contribution >= 4 is 17.5 Å². The lowest BCUT2D eigenvalue weighted by Crippen LogP contribution is -2.27. The first kappa shape index (κ1) is 24.5. The summed E-state index contributed by atoms with van der Waals surface area (Å²) in [5, 5.41) is 5.71. The number of methoxy groups -OCH3 is 2. The molecule has 0 atom stereocenters. The fourth-order valence-electron chi connectivity index (χ4n) is 3.01. The fourth-order valence-corrected chi connectivity index (χ4v) is 3.01. The molecular formula is C26H30N2O4. The molecular weight excluding hydrogens is 404 g/mol. The van der Waals surface area contributed by atoms with Gasteiger partial charge in [0.1, 0.15) is 11.5 Å². The molecule has 0 aromatic heterocycles. The third-order valence-electron chi connectivity index (χ3n) is 4.62. The third kappa shape index (κ3) is 6.60. The Morgan fingerprint density at radius 3 is 2.09 bits per heavy atom. The van der Waals surface area contributed by atoms with Gasteiger partial charge in [0.25, 0.3) is 11.8 Å². The van der Waals surface area contributed by atoms with Crippen LogP contribution in [0.25, 0.3) is 0 Å². The molecule has 0 unspecified atom stereocenters. The van der Waals surface area contributed by atoms with Crippen LogP contribution in [0.15, 0.2) is 72.8 Å². The highest BCUT2D eigenvalue weighted by Crippen LogP contribution is 2.29. The quantitative estimate of drug-likeness (QED) is 0.526. The average Bonchev–Trinajstić information content (AvgIpc) is 2.86. The number of nitrogens with one attached hydrogen (secondary N) is 2. The molecule has 0 saturated heterocycles. The molecule has 3 aromatic carbocycles. The molecule has 0 spiro atoms. The molecule has 3 rings (SSSR count). The fraction of sp³-hybridized carbons (Fsp3) is 0.231. The molecule has 32 heavy (non-hydrogen) atoms. The number of anilines is 1. The second kappa shape index (κ2) is 12.8. The molecule has 0 aliphatic rings. The van der Waals surface area contributed by atoms with E-state index in [0.29, 0.717) is 41.3 Å². The lowest BCUT2D eigenvalue weighted by Gasteiger charge is -2.15. The van der Waals surface area contributed by atoms with Gasteiger partial charge in [-0.25, -0.2) is 0 Å². The standard InChI is InChI=1S/C24H24N2O4.C2H6/c1-29-19-13-11-18(12-14-19)23(27)26-22-20(9-6-10-21(22)30-2)24(28)25-16-15-17-7-4-3-5-8-17;1-2/h3-14H,15-16H2,1-2H3,(H,25,28)(H,26,27);1-2H3. The molecule has 2 amide bonds. The summed E-state index contributed by atoms with van der Waals surface area (Å²) in [5.41, 5.74) is 2.25. The summed E-state index contributed by atoms with van der Waals surface area (Å²) in [6, 6.07) is 21.7. The van der Waals surface area contributed by atoms with Crippen LogP contribution in [-0.4, -0.2) is 32.6 Å². The van der Waals surface area contributed by atoms with Gasteiger partial charge >= 0.3 is 0 Å². The molecule has 0 fully saturated rings. The summed E-state index contributed by atoms with van der Waals surface area (Å²) in [5.74, 6) is 0.435. The number of carbonyl (C=O) groups is 2. The summed E-state index contributed by atoms with van der Waals surface area (Å²) < 4.78 is 10.5. The van der Waals surface area contributed by atoms with Crippen LogP contribution in [0.5, 0.6) is 11.5 Å². The van der Waals surface area contributed by atoms with E-state index in [1.165, 1.54) is 7.11 Å². The predicted octanol–water partition coefficient (Wildman–Crippen LogP) is 4.95. The van der Waals surface area contributed by atoms with Gasteiger partial charge in [0.15, 0.2) is 0 Å². The minimum atomic E-state index is -0.347. The minimum absolute atomic E-state index is 0.283. The maximum atomic E-state index is 12.8. The van der Waals surface area contributed by atoms with Crippen LogP contribution in [-0.2, 0) is 6.42 Å². The molecule has 6 heteroatoms. The normalized spacial score (nSPS) is 9.75. The maximum absolute atomic E-state index is 12.8. The zero-order valence-corrected chi connectivity index (χ0v) is 19.0. The Morgan fingerprint density at radius 1 is 0.781 bits per heavy atom. The molecule has 0 heterocycles. The maximum Gasteiger partial charge on any atom is 0.255 e. The van der Waals surface area contributed by atoms with Crippen molar-refractivity contribution in [3.8, 4) is 11.5 Å². The van der Waals surface area contributed by atoms with Crippen molar-refractivity contribution in [3.63, 3.8) is 0 Å². The first-order valence-corrected chi connectivity index (χ1v) is 10.6. The van der Waals surface area contributed by atoms with Crippen molar-refractivity contribution in [2.45, 2.75) is 20.3 Å². The van der Waals surface area contributed by atoms with Crippen LogP contribution in [0.1, 0.15) is 40.1 Å². The topological polar surface area (TPSA) is 76.7 Å². The van der Waals surface area contributed by atoms with E-state index in [1.54, 1.807) is 49.6 Å². The second-order valence-electron chi connectivity index (χ2n) is 6.56. The predicted molar refractivity (Wildman–Crippen MR) is 128 cm³/mol. The van der Waals surface area contributed by atoms with Crippen molar-refractivity contribution in [1.82, 2.24) is 5.32 Å². The van der Waals surface area contributed by atoms with Crippen molar-refractivity contribution in [3.05, 3.63) is 89.5 Å². The van der Waals surface area contributed by atoms with Crippen LogP contribution in [0.2, 0.25) is 0 Å². The lowest BCUT2D eigenvalue weighted by atomic mass is 10.1.